The maximum Gasteiger partial charge on any atom is 0.220 e. The number of aryl methyl sites for hydroxylation is 1. The van der Waals surface area contributed by atoms with Gasteiger partial charge in [-0.15, -0.1) is 0 Å². The van der Waals surface area contributed by atoms with E-state index in [9.17, 15) is 0 Å². The molecule has 0 bridgehead atoms. The number of thiazole rings is 1. The van der Waals surface area contributed by atoms with Crippen LogP contribution in [0.1, 0.15) is 0 Å². The van der Waals surface area contributed by atoms with Crippen LogP contribution in [-0.2, 0) is 7.05 Å². The second-order valence-electron chi connectivity index (χ2n) is 4.94. The standard InChI is InChI=1S/C16H13N5OS/c1-21-10-11(9-17-21)18-16-19-13-7-8-14(20-15(13)23-16)22-12-5-3-2-4-6-12/h2-10H,1H3,(H,18,19). The fourth-order valence-corrected chi connectivity index (χ4v) is 2.98. The Kier molecular flexibility index (Phi) is 3.39. The van der Waals surface area contributed by atoms with E-state index in [-0.39, 0.29) is 0 Å². The summed E-state index contributed by atoms with van der Waals surface area (Å²) in [7, 11) is 1.87. The van der Waals surface area contributed by atoms with Crippen molar-refractivity contribution in [1.29, 1.82) is 0 Å². The van der Waals surface area contributed by atoms with Gasteiger partial charge in [-0.25, -0.2) is 9.97 Å². The van der Waals surface area contributed by atoms with Crippen molar-refractivity contribution in [3.05, 3.63) is 54.9 Å². The number of benzene rings is 1. The van der Waals surface area contributed by atoms with Gasteiger partial charge in [0, 0.05) is 19.3 Å². The van der Waals surface area contributed by atoms with Crippen molar-refractivity contribution in [2.75, 3.05) is 5.32 Å². The van der Waals surface area contributed by atoms with E-state index in [1.165, 1.54) is 11.3 Å². The molecule has 1 N–H and O–H groups in total. The van der Waals surface area contributed by atoms with Crippen LogP contribution in [0.5, 0.6) is 11.6 Å². The number of anilines is 2. The molecule has 4 aromatic rings. The molecule has 0 unspecified atom stereocenters. The zero-order valence-electron chi connectivity index (χ0n) is 12.3. The summed E-state index contributed by atoms with van der Waals surface area (Å²) in [6.07, 6.45) is 3.65. The smallest absolute Gasteiger partial charge is 0.220 e. The van der Waals surface area contributed by atoms with Crippen molar-refractivity contribution in [2.24, 2.45) is 7.05 Å². The van der Waals surface area contributed by atoms with Crippen molar-refractivity contribution in [3.63, 3.8) is 0 Å². The first-order valence-electron chi connectivity index (χ1n) is 7.02. The Morgan fingerprint density at radius 3 is 2.74 bits per heavy atom. The molecule has 0 radical (unpaired) electrons. The van der Waals surface area contributed by atoms with Crippen molar-refractivity contribution in [1.82, 2.24) is 19.7 Å². The topological polar surface area (TPSA) is 64.9 Å². The van der Waals surface area contributed by atoms with E-state index in [0.29, 0.717) is 5.88 Å². The van der Waals surface area contributed by atoms with Gasteiger partial charge in [-0.1, -0.05) is 29.5 Å². The van der Waals surface area contributed by atoms with Crippen molar-refractivity contribution >= 4 is 32.5 Å². The van der Waals surface area contributed by atoms with Gasteiger partial charge in [0.1, 0.15) is 16.1 Å². The Morgan fingerprint density at radius 2 is 1.96 bits per heavy atom. The fraction of sp³-hybridized carbons (Fsp3) is 0.0625. The van der Waals surface area contributed by atoms with E-state index < -0.39 is 0 Å². The van der Waals surface area contributed by atoms with Crippen LogP contribution in [0.15, 0.2) is 54.9 Å². The van der Waals surface area contributed by atoms with Gasteiger partial charge in [-0.2, -0.15) is 5.10 Å². The summed E-state index contributed by atoms with van der Waals surface area (Å²) in [5.74, 6) is 1.32. The van der Waals surface area contributed by atoms with Gasteiger partial charge in [-0.3, -0.25) is 4.68 Å². The summed E-state index contributed by atoms with van der Waals surface area (Å²) in [6.45, 7) is 0. The van der Waals surface area contributed by atoms with Gasteiger partial charge >= 0.3 is 0 Å². The second kappa shape index (κ2) is 5.69. The predicted molar refractivity (Wildman–Crippen MR) is 90.4 cm³/mol. The van der Waals surface area contributed by atoms with Gasteiger partial charge in [0.2, 0.25) is 5.88 Å². The molecular weight excluding hydrogens is 310 g/mol. The molecule has 114 valence electrons. The minimum atomic E-state index is 0.556. The Morgan fingerprint density at radius 1 is 1.09 bits per heavy atom. The Bertz CT molecular complexity index is 947. The summed E-state index contributed by atoms with van der Waals surface area (Å²) >= 11 is 1.48. The highest BCUT2D eigenvalue weighted by Gasteiger charge is 2.08. The molecule has 0 aliphatic rings. The molecule has 3 aromatic heterocycles. The molecule has 0 amide bonds. The lowest BCUT2D eigenvalue weighted by molar-refractivity contribution is 0.465. The first-order chi connectivity index (χ1) is 11.3. The first kappa shape index (κ1) is 13.7. The quantitative estimate of drug-likeness (QED) is 0.616. The molecular formula is C16H13N5OS. The van der Waals surface area contributed by atoms with Crippen LogP contribution in [-0.4, -0.2) is 19.7 Å². The number of ether oxygens (including phenoxy) is 1. The number of hydrogen-bond acceptors (Lipinski definition) is 6. The summed E-state index contributed by atoms with van der Waals surface area (Å²) in [6, 6.07) is 13.3. The SMILES string of the molecule is Cn1cc(Nc2nc3ccc(Oc4ccccc4)nc3s2)cn1. The predicted octanol–water partition coefficient (Wildman–Crippen LogP) is 3.96. The van der Waals surface area contributed by atoms with Crippen molar-refractivity contribution < 1.29 is 4.74 Å². The Labute approximate surface area is 136 Å². The molecule has 1 aromatic carbocycles. The highest BCUT2D eigenvalue weighted by molar-refractivity contribution is 7.21. The van der Waals surface area contributed by atoms with E-state index in [1.54, 1.807) is 10.9 Å². The van der Waals surface area contributed by atoms with Crippen LogP contribution in [0, 0.1) is 0 Å². The fourth-order valence-electron chi connectivity index (χ4n) is 2.13. The number of pyridine rings is 1. The zero-order chi connectivity index (χ0) is 15.6. The molecule has 4 rings (SSSR count). The molecule has 0 aliphatic carbocycles. The second-order valence-corrected chi connectivity index (χ2v) is 5.91. The number of hydrogen-bond donors (Lipinski definition) is 1. The zero-order valence-corrected chi connectivity index (χ0v) is 13.1. The lowest BCUT2D eigenvalue weighted by Crippen LogP contribution is -1.87. The third-order valence-electron chi connectivity index (χ3n) is 3.15. The first-order valence-corrected chi connectivity index (χ1v) is 7.84. The maximum absolute atomic E-state index is 5.75. The number of aromatic nitrogens is 4. The highest BCUT2D eigenvalue weighted by atomic mass is 32.1. The highest BCUT2D eigenvalue weighted by Crippen LogP contribution is 2.29. The molecule has 0 fully saturated rings. The van der Waals surface area contributed by atoms with Gasteiger partial charge in [0.15, 0.2) is 5.13 Å². The van der Waals surface area contributed by atoms with E-state index in [0.717, 1.165) is 26.9 Å². The molecule has 0 atom stereocenters. The molecule has 0 saturated heterocycles. The monoisotopic (exact) mass is 323 g/mol. The molecule has 0 spiro atoms. The minimum Gasteiger partial charge on any atom is -0.439 e. The van der Waals surface area contributed by atoms with Gasteiger partial charge in [0.05, 0.1) is 11.9 Å². The number of rotatable bonds is 4. The number of nitrogens with one attached hydrogen (secondary N) is 1. The summed E-state index contributed by atoms with van der Waals surface area (Å²) in [5.41, 5.74) is 1.73. The molecule has 7 heteroatoms. The number of para-hydroxylation sites is 1. The maximum atomic E-state index is 5.75. The van der Waals surface area contributed by atoms with Gasteiger partial charge < -0.3 is 10.1 Å². The average Bonchev–Trinajstić information content (AvgIpc) is 3.14. The summed E-state index contributed by atoms with van der Waals surface area (Å²) in [5, 5.41) is 8.12. The number of nitrogens with zero attached hydrogens (tertiary/aromatic N) is 4. The molecule has 23 heavy (non-hydrogen) atoms. The molecule has 3 heterocycles. The summed E-state index contributed by atoms with van der Waals surface area (Å²) < 4.78 is 7.49. The molecule has 6 nitrogen and oxygen atoms in total. The van der Waals surface area contributed by atoms with Crippen LogP contribution in [0.25, 0.3) is 10.3 Å². The Hall–Kier alpha value is -2.93. The van der Waals surface area contributed by atoms with Gasteiger partial charge in [-0.05, 0) is 18.2 Å². The molecule has 0 saturated carbocycles. The number of fused-ring (bicyclic) bond motifs is 1. The largest absolute Gasteiger partial charge is 0.439 e. The van der Waals surface area contributed by atoms with Crippen molar-refractivity contribution in [3.8, 4) is 11.6 Å². The van der Waals surface area contributed by atoms with Crippen LogP contribution < -0.4 is 10.1 Å². The van der Waals surface area contributed by atoms with Crippen LogP contribution in [0.4, 0.5) is 10.8 Å². The lowest BCUT2D eigenvalue weighted by atomic mass is 10.3. The summed E-state index contributed by atoms with van der Waals surface area (Å²) in [4.78, 5) is 9.85. The third kappa shape index (κ3) is 3.00. The van der Waals surface area contributed by atoms with Crippen LogP contribution in [0.3, 0.4) is 0 Å². The minimum absolute atomic E-state index is 0.556. The Balaban J connectivity index is 1.59. The van der Waals surface area contributed by atoms with E-state index in [2.05, 4.69) is 20.4 Å². The van der Waals surface area contributed by atoms with E-state index >= 15 is 0 Å². The normalized spacial score (nSPS) is 10.8. The third-order valence-corrected chi connectivity index (χ3v) is 4.03. The van der Waals surface area contributed by atoms with Gasteiger partial charge in [0.25, 0.3) is 0 Å². The van der Waals surface area contributed by atoms with Crippen molar-refractivity contribution in [2.45, 2.75) is 0 Å². The van der Waals surface area contributed by atoms with Crippen LogP contribution in [0.2, 0.25) is 0 Å². The average molecular weight is 323 g/mol. The van der Waals surface area contributed by atoms with E-state index in [1.807, 2.05) is 55.7 Å². The van der Waals surface area contributed by atoms with Crippen LogP contribution >= 0.6 is 11.3 Å². The van der Waals surface area contributed by atoms with E-state index in [4.69, 9.17) is 4.74 Å². The lowest BCUT2D eigenvalue weighted by Gasteiger charge is -2.03. The molecule has 0 aliphatic heterocycles.